The van der Waals surface area contributed by atoms with E-state index >= 15 is 0 Å². The Morgan fingerprint density at radius 1 is 1.26 bits per heavy atom. The van der Waals surface area contributed by atoms with E-state index in [2.05, 4.69) is 54.5 Å². The lowest BCUT2D eigenvalue weighted by atomic mass is 10.0. The molecule has 0 saturated heterocycles. The van der Waals surface area contributed by atoms with E-state index < -0.39 is 0 Å². The first kappa shape index (κ1) is 13.1. The van der Waals surface area contributed by atoms with E-state index in [1.807, 2.05) is 6.07 Å². The van der Waals surface area contributed by atoms with Crippen molar-refractivity contribution in [1.82, 2.24) is 4.98 Å². The maximum atomic E-state index is 8.73. The van der Waals surface area contributed by atoms with Gasteiger partial charge in [-0.15, -0.1) is 0 Å². The lowest BCUT2D eigenvalue weighted by molar-refractivity contribution is 0.780. The summed E-state index contributed by atoms with van der Waals surface area (Å²) in [6.07, 6.45) is 2.54. The summed E-state index contributed by atoms with van der Waals surface area (Å²) in [5, 5.41) is 12.1. The van der Waals surface area contributed by atoms with Crippen molar-refractivity contribution in [3.63, 3.8) is 0 Å². The molecule has 0 spiro atoms. The molecule has 2 aromatic rings. The quantitative estimate of drug-likeness (QED) is 0.907. The van der Waals surface area contributed by atoms with Crippen LogP contribution >= 0.6 is 0 Å². The molecule has 3 heteroatoms. The minimum Gasteiger partial charge on any atom is -0.367 e. The molecule has 1 aromatic heterocycles. The Morgan fingerprint density at radius 2 is 2.05 bits per heavy atom. The molecule has 0 aliphatic rings. The van der Waals surface area contributed by atoms with Crippen molar-refractivity contribution < 1.29 is 0 Å². The smallest absolute Gasteiger partial charge is 0.126 e. The van der Waals surface area contributed by atoms with Gasteiger partial charge in [-0.25, -0.2) is 4.98 Å². The largest absolute Gasteiger partial charge is 0.367 e. The zero-order valence-corrected chi connectivity index (χ0v) is 11.2. The number of nitriles is 1. The highest BCUT2D eigenvalue weighted by Crippen LogP contribution is 2.12. The fourth-order valence-electron chi connectivity index (χ4n) is 2.02. The number of anilines is 1. The number of pyridine rings is 1. The molecule has 2 rings (SSSR count). The second-order valence-corrected chi connectivity index (χ2v) is 4.72. The van der Waals surface area contributed by atoms with Crippen molar-refractivity contribution in [2.24, 2.45) is 0 Å². The standard InChI is InChI=1S/C16H17N3/c1-12-5-3-4-6-15(12)9-13(2)19-16-8-7-14(10-17)11-18-16/h3-8,11,13H,9H2,1-2H3,(H,18,19)/t13-/m1/s1. The lowest BCUT2D eigenvalue weighted by Crippen LogP contribution is -2.19. The highest BCUT2D eigenvalue weighted by Gasteiger charge is 2.06. The predicted octanol–water partition coefficient (Wildman–Crippen LogP) is 3.30. The third-order valence-electron chi connectivity index (χ3n) is 3.07. The van der Waals surface area contributed by atoms with E-state index in [4.69, 9.17) is 5.26 Å². The van der Waals surface area contributed by atoms with Crippen LogP contribution in [0.2, 0.25) is 0 Å². The fourth-order valence-corrected chi connectivity index (χ4v) is 2.02. The summed E-state index contributed by atoms with van der Waals surface area (Å²) in [7, 11) is 0. The van der Waals surface area contributed by atoms with Crippen molar-refractivity contribution in [2.45, 2.75) is 26.3 Å². The summed E-state index contributed by atoms with van der Waals surface area (Å²) >= 11 is 0. The van der Waals surface area contributed by atoms with Crippen LogP contribution in [0, 0.1) is 18.3 Å². The monoisotopic (exact) mass is 251 g/mol. The Kier molecular flexibility index (Phi) is 4.15. The van der Waals surface area contributed by atoms with Gasteiger partial charge in [0.05, 0.1) is 5.56 Å². The molecule has 0 amide bonds. The van der Waals surface area contributed by atoms with Gasteiger partial charge in [0.1, 0.15) is 11.9 Å². The van der Waals surface area contributed by atoms with Crippen LogP contribution in [-0.4, -0.2) is 11.0 Å². The van der Waals surface area contributed by atoms with Crippen LogP contribution in [0.25, 0.3) is 0 Å². The summed E-state index contributed by atoms with van der Waals surface area (Å²) in [6.45, 7) is 4.26. The fraction of sp³-hybridized carbons (Fsp3) is 0.250. The summed E-state index contributed by atoms with van der Waals surface area (Å²) in [6, 6.07) is 14.4. The van der Waals surface area contributed by atoms with Gasteiger partial charge in [0, 0.05) is 12.2 Å². The molecular weight excluding hydrogens is 234 g/mol. The SMILES string of the molecule is Cc1ccccc1C[C@@H](C)Nc1ccc(C#N)cn1. The van der Waals surface area contributed by atoms with E-state index in [1.54, 1.807) is 12.3 Å². The molecule has 3 nitrogen and oxygen atoms in total. The van der Waals surface area contributed by atoms with Gasteiger partial charge in [-0.1, -0.05) is 24.3 Å². The van der Waals surface area contributed by atoms with Crippen molar-refractivity contribution >= 4 is 5.82 Å². The number of benzene rings is 1. The molecule has 96 valence electrons. The summed E-state index contributed by atoms with van der Waals surface area (Å²) in [5.41, 5.74) is 3.23. The second-order valence-electron chi connectivity index (χ2n) is 4.72. The van der Waals surface area contributed by atoms with Crippen LogP contribution in [0.3, 0.4) is 0 Å². The van der Waals surface area contributed by atoms with Gasteiger partial charge < -0.3 is 5.32 Å². The summed E-state index contributed by atoms with van der Waals surface area (Å²) in [4.78, 5) is 4.22. The average Bonchev–Trinajstić information content (AvgIpc) is 2.42. The second kappa shape index (κ2) is 6.01. The molecule has 0 aliphatic heterocycles. The first-order chi connectivity index (χ1) is 9.19. The maximum Gasteiger partial charge on any atom is 0.126 e. The number of aromatic nitrogens is 1. The van der Waals surface area contributed by atoms with Crippen molar-refractivity contribution in [3.8, 4) is 6.07 Å². The summed E-state index contributed by atoms with van der Waals surface area (Å²) < 4.78 is 0. The zero-order chi connectivity index (χ0) is 13.7. The number of rotatable bonds is 4. The predicted molar refractivity (Wildman–Crippen MR) is 76.9 cm³/mol. The Balaban J connectivity index is 1.99. The zero-order valence-electron chi connectivity index (χ0n) is 11.2. The van der Waals surface area contributed by atoms with Gasteiger partial charge in [-0.05, 0) is 43.5 Å². The molecule has 0 saturated carbocycles. The molecule has 0 aliphatic carbocycles. The number of hydrogen-bond donors (Lipinski definition) is 1. The first-order valence-corrected chi connectivity index (χ1v) is 6.36. The Morgan fingerprint density at radius 3 is 2.68 bits per heavy atom. The van der Waals surface area contributed by atoms with E-state index in [0.29, 0.717) is 11.6 Å². The molecular formula is C16H17N3. The van der Waals surface area contributed by atoms with E-state index in [9.17, 15) is 0 Å². The van der Waals surface area contributed by atoms with E-state index in [-0.39, 0.29) is 0 Å². The molecule has 0 fully saturated rings. The van der Waals surface area contributed by atoms with Gasteiger partial charge in [-0.3, -0.25) is 0 Å². The van der Waals surface area contributed by atoms with Gasteiger partial charge in [0.15, 0.2) is 0 Å². The van der Waals surface area contributed by atoms with Crippen molar-refractivity contribution in [2.75, 3.05) is 5.32 Å². The first-order valence-electron chi connectivity index (χ1n) is 6.36. The van der Waals surface area contributed by atoms with E-state index in [1.165, 1.54) is 11.1 Å². The van der Waals surface area contributed by atoms with Crippen molar-refractivity contribution in [3.05, 3.63) is 59.3 Å². The normalized spacial score (nSPS) is 11.6. The Hall–Kier alpha value is -2.34. The number of aryl methyl sites for hydroxylation is 1. The number of nitrogens with zero attached hydrogens (tertiary/aromatic N) is 2. The maximum absolute atomic E-state index is 8.73. The van der Waals surface area contributed by atoms with Gasteiger partial charge >= 0.3 is 0 Å². The van der Waals surface area contributed by atoms with E-state index in [0.717, 1.165) is 12.2 Å². The highest BCUT2D eigenvalue weighted by molar-refractivity contribution is 5.40. The van der Waals surface area contributed by atoms with Gasteiger partial charge in [0.25, 0.3) is 0 Å². The molecule has 1 N–H and O–H groups in total. The molecule has 1 aromatic carbocycles. The molecule has 19 heavy (non-hydrogen) atoms. The minimum absolute atomic E-state index is 0.293. The Bertz CT molecular complexity index is 582. The topological polar surface area (TPSA) is 48.7 Å². The number of hydrogen-bond acceptors (Lipinski definition) is 3. The van der Waals surface area contributed by atoms with Gasteiger partial charge in [-0.2, -0.15) is 5.26 Å². The van der Waals surface area contributed by atoms with Crippen LogP contribution in [-0.2, 0) is 6.42 Å². The molecule has 0 unspecified atom stereocenters. The molecule has 0 bridgehead atoms. The average molecular weight is 251 g/mol. The molecule has 1 heterocycles. The third-order valence-corrected chi connectivity index (χ3v) is 3.07. The van der Waals surface area contributed by atoms with Crippen LogP contribution < -0.4 is 5.32 Å². The number of nitrogens with one attached hydrogen (secondary N) is 1. The lowest BCUT2D eigenvalue weighted by Gasteiger charge is -2.15. The van der Waals surface area contributed by atoms with Gasteiger partial charge in [0.2, 0.25) is 0 Å². The third kappa shape index (κ3) is 3.56. The Labute approximate surface area is 113 Å². The summed E-state index contributed by atoms with van der Waals surface area (Å²) in [5.74, 6) is 0.806. The van der Waals surface area contributed by atoms with Crippen LogP contribution in [0.4, 0.5) is 5.82 Å². The molecule has 0 radical (unpaired) electrons. The van der Waals surface area contributed by atoms with Crippen molar-refractivity contribution in [1.29, 1.82) is 5.26 Å². The molecule has 1 atom stereocenters. The van der Waals surface area contributed by atoms with Crippen LogP contribution in [0.5, 0.6) is 0 Å². The van der Waals surface area contributed by atoms with Crippen LogP contribution in [0.1, 0.15) is 23.6 Å². The minimum atomic E-state index is 0.293. The highest BCUT2D eigenvalue weighted by atomic mass is 15.0. The van der Waals surface area contributed by atoms with Crippen LogP contribution in [0.15, 0.2) is 42.6 Å².